The summed E-state index contributed by atoms with van der Waals surface area (Å²) >= 11 is 0. The van der Waals surface area contributed by atoms with Crippen LogP contribution in [0.2, 0.25) is 0 Å². The van der Waals surface area contributed by atoms with E-state index in [1.54, 1.807) is 7.05 Å². The number of rotatable bonds is 2. The molecule has 0 aliphatic heterocycles. The lowest BCUT2D eigenvalue weighted by atomic mass is 10.6. The molecule has 0 aromatic carbocycles. The summed E-state index contributed by atoms with van der Waals surface area (Å²) in [6.07, 6.45) is 1.22. The third-order valence-electron chi connectivity index (χ3n) is 0.532. The predicted molar refractivity (Wildman–Crippen MR) is 38.4 cm³/mol. The zero-order valence-electron chi connectivity index (χ0n) is 6.00. The van der Waals surface area contributed by atoms with Crippen molar-refractivity contribution in [1.82, 2.24) is 5.32 Å². The molecule has 60 valence electrons. The second-order valence-corrected chi connectivity index (χ2v) is 1.27. The molecule has 0 radical (unpaired) electrons. The van der Waals surface area contributed by atoms with E-state index >= 15 is 0 Å². The highest BCUT2D eigenvalue weighted by Crippen LogP contribution is 1.56. The highest BCUT2D eigenvalue weighted by atomic mass is 16.3. The average Bonchev–Trinajstić information content (AvgIpc) is 2.03. The average molecular weight is 147 g/mol. The lowest BCUT2D eigenvalue weighted by molar-refractivity contribution is -0.116. The van der Waals surface area contributed by atoms with E-state index in [2.05, 4.69) is 11.9 Å². The summed E-state index contributed by atoms with van der Waals surface area (Å²) in [5, 5.41) is 17.6. The molecule has 0 aromatic rings. The van der Waals surface area contributed by atoms with Gasteiger partial charge in [0.1, 0.15) is 0 Å². The van der Waals surface area contributed by atoms with Crippen molar-refractivity contribution in [3.8, 4) is 0 Å². The first kappa shape index (κ1) is 11.9. The van der Waals surface area contributed by atoms with E-state index in [9.17, 15) is 4.79 Å². The number of carbonyl (C=O) groups is 1. The van der Waals surface area contributed by atoms with E-state index in [1.807, 2.05) is 0 Å². The van der Waals surface area contributed by atoms with Gasteiger partial charge in [-0.25, -0.2) is 0 Å². The van der Waals surface area contributed by atoms with Crippen LogP contribution in [0, 0.1) is 0 Å². The Labute approximate surface area is 60.2 Å². The van der Waals surface area contributed by atoms with Crippen molar-refractivity contribution < 1.29 is 15.0 Å². The molecule has 10 heavy (non-hydrogen) atoms. The van der Waals surface area contributed by atoms with Crippen LogP contribution in [-0.4, -0.2) is 36.4 Å². The van der Waals surface area contributed by atoms with Crippen LogP contribution in [0.1, 0.15) is 0 Å². The number of hydrogen-bond acceptors (Lipinski definition) is 3. The van der Waals surface area contributed by atoms with Crippen LogP contribution in [0.15, 0.2) is 12.7 Å². The van der Waals surface area contributed by atoms with Gasteiger partial charge in [-0.3, -0.25) is 4.79 Å². The number of carbonyl (C=O) groups excluding carboxylic acids is 1. The van der Waals surface area contributed by atoms with Gasteiger partial charge in [0.15, 0.2) is 0 Å². The van der Waals surface area contributed by atoms with E-state index in [0.717, 1.165) is 0 Å². The van der Waals surface area contributed by atoms with Crippen LogP contribution < -0.4 is 5.32 Å². The van der Waals surface area contributed by atoms with Crippen LogP contribution in [-0.2, 0) is 4.79 Å². The number of nitrogens with one attached hydrogen (secondary N) is 1. The van der Waals surface area contributed by atoms with Crippen LogP contribution in [0.3, 0.4) is 0 Å². The minimum atomic E-state index is -0.144. The van der Waals surface area contributed by atoms with Crippen molar-refractivity contribution in [2.45, 2.75) is 0 Å². The Morgan fingerprint density at radius 1 is 1.60 bits per heavy atom. The van der Waals surface area contributed by atoms with E-state index in [4.69, 9.17) is 10.2 Å². The second kappa shape index (κ2) is 11.0. The fourth-order valence-electron chi connectivity index (χ4n) is 0.102. The van der Waals surface area contributed by atoms with Gasteiger partial charge in [-0.1, -0.05) is 6.58 Å². The predicted octanol–water partition coefficient (Wildman–Crippen LogP) is -1.11. The molecule has 0 heterocycles. The Bertz CT molecular complexity index is 91.0. The van der Waals surface area contributed by atoms with Gasteiger partial charge in [0.2, 0.25) is 5.91 Å². The van der Waals surface area contributed by atoms with E-state index in [1.165, 1.54) is 6.08 Å². The van der Waals surface area contributed by atoms with E-state index in [-0.39, 0.29) is 19.1 Å². The summed E-state index contributed by atoms with van der Waals surface area (Å²) in [6.45, 7) is 2.97. The molecule has 0 aliphatic rings. The number of amides is 1. The van der Waals surface area contributed by atoms with Gasteiger partial charge in [-0.2, -0.15) is 0 Å². The first-order chi connectivity index (χ1) is 4.72. The van der Waals surface area contributed by atoms with Gasteiger partial charge in [0.05, 0.1) is 13.2 Å². The van der Waals surface area contributed by atoms with Gasteiger partial charge < -0.3 is 15.5 Å². The Morgan fingerprint density at radius 2 is 2.00 bits per heavy atom. The molecule has 0 spiro atoms. The van der Waals surface area contributed by atoms with Gasteiger partial charge >= 0.3 is 0 Å². The van der Waals surface area contributed by atoms with Gasteiger partial charge in [0, 0.05) is 7.05 Å². The maximum Gasteiger partial charge on any atom is 0.243 e. The summed E-state index contributed by atoms with van der Waals surface area (Å²) in [5.41, 5.74) is 0. The fourth-order valence-corrected chi connectivity index (χ4v) is 0.102. The molecule has 0 aromatic heterocycles. The van der Waals surface area contributed by atoms with Crippen molar-refractivity contribution in [2.75, 3.05) is 20.3 Å². The number of hydrogen-bond donors (Lipinski definition) is 3. The van der Waals surface area contributed by atoms with Crippen molar-refractivity contribution >= 4 is 5.91 Å². The molecule has 0 saturated carbocycles. The molecular formula is C6H13NO3. The summed E-state index contributed by atoms with van der Waals surface area (Å²) in [5.74, 6) is -0.144. The van der Waals surface area contributed by atoms with Crippen LogP contribution in [0.4, 0.5) is 0 Å². The first-order valence-corrected chi connectivity index (χ1v) is 2.78. The van der Waals surface area contributed by atoms with Crippen LogP contribution >= 0.6 is 0 Å². The van der Waals surface area contributed by atoms with Crippen LogP contribution in [0.5, 0.6) is 0 Å². The van der Waals surface area contributed by atoms with Gasteiger partial charge in [0.25, 0.3) is 0 Å². The molecule has 0 bridgehead atoms. The SMILES string of the molecule is C=CC(=O)NC.OCCO. The monoisotopic (exact) mass is 147 g/mol. The topological polar surface area (TPSA) is 69.6 Å². The molecule has 4 nitrogen and oxygen atoms in total. The Hall–Kier alpha value is -0.870. The summed E-state index contributed by atoms with van der Waals surface area (Å²) in [7, 11) is 1.56. The lowest BCUT2D eigenvalue weighted by Gasteiger charge is -1.82. The molecule has 0 atom stereocenters. The molecule has 0 saturated heterocycles. The molecule has 1 amide bonds. The minimum Gasteiger partial charge on any atom is -0.394 e. The maximum absolute atomic E-state index is 9.95. The minimum absolute atomic E-state index is 0.125. The van der Waals surface area contributed by atoms with Gasteiger partial charge in [-0.15, -0.1) is 0 Å². The van der Waals surface area contributed by atoms with Gasteiger partial charge in [-0.05, 0) is 6.08 Å². The molecule has 0 aliphatic carbocycles. The highest BCUT2D eigenvalue weighted by molar-refractivity contribution is 5.86. The summed E-state index contributed by atoms with van der Waals surface area (Å²) < 4.78 is 0. The second-order valence-electron chi connectivity index (χ2n) is 1.27. The van der Waals surface area contributed by atoms with Crippen molar-refractivity contribution in [2.24, 2.45) is 0 Å². The lowest BCUT2D eigenvalue weighted by Crippen LogP contribution is -2.13. The highest BCUT2D eigenvalue weighted by Gasteiger charge is 1.78. The number of aliphatic hydroxyl groups excluding tert-OH is 2. The maximum atomic E-state index is 9.95. The molecule has 0 unspecified atom stereocenters. The Kier molecular flexibility index (Phi) is 13.1. The molecule has 0 rings (SSSR count). The van der Waals surface area contributed by atoms with Crippen LogP contribution in [0.25, 0.3) is 0 Å². The summed E-state index contributed by atoms with van der Waals surface area (Å²) in [4.78, 5) is 9.95. The third kappa shape index (κ3) is 15.7. The van der Waals surface area contributed by atoms with E-state index < -0.39 is 0 Å². The first-order valence-electron chi connectivity index (χ1n) is 2.78. The Morgan fingerprint density at radius 3 is 2.00 bits per heavy atom. The molecule has 0 fully saturated rings. The quantitative estimate of drug-likeness (QED) is 0.434. The van der Waals surface area contributed by atoms with Crippen molar-refractivity contribution in [1.29, 1.82) is 0 Å². The molecule has 3 N–H and O–H groups in total. The standard InChI is InChI=1S/C4H7NO.C2H6O2/c1-3-4(6)5-2;3-1-2-4/h3H,1H2,2H3,(H,5,6);3-4H,1-2H2. The largest absolute Gasteiger partial charge is 0.394 e. The molecular weight excluding hydrogens is 134 g/mol. The number of likely N-dealkylation sites (N-methyl/N-ethyl adjacent to an activating group) is 1. The Balaban J connectivity index is 0. The normalized spacial score (nSPS) is 7.10. The van der Waals surface area contributed by atoms with Crippen molar-refractivity contribution in [3.63, 3.8) is 0 Å². The third-order valence-corrected chi connectivity index (χ3v) is 0.532. The van der Waals surface area contributed by atoms with Crippen molar-refractivity contribution in [3.05, 3.63) is 12.7 Å². The number of aliphatic hydroxyl groups is 2. The zero-order valence-corrected chi connectivity index (χ0v) is 6.00. The zero-order chi connectivity index (χ0) is 8.41. The smallest absolute Gasteiger partial charge is 0.243 e. The molecule has 4 heteroatoms. The summed E-state index contributed by atoms with van der Waals surface area (Å²) in [6, 6.07) is 0. The van der Waals surface area contributed by atoms with E-state index in [0.29, 0.717) is 0 Å². The fraction of sp³-hybridized carbons (Fsp3) is 0.500.